The van der Waals surface area contributed by atoms with E-state index < -0.39 is 5.54 Å². The lowest BCUT2D eigenvalue weighted by molar-refractivity contribution is -0.134. The summed E-state index contributed by atoms with van der Waals surface area (Å²) in [5.41, 5.74) is 5.37. The van der Waals surface area contributed by atoms with Crippen LogP contribution in [0.5, 0.6) is 0 Å². The normalized spacial score (nSPS) is 28.7. The van der Waals surface area contributed by atoms with Gasteiger partial charge in [-0.15, -0.1) is 0 Å². The Morgan fingerprint density at radius 3 is 2.55 bits per heavy atom. The van der Waals surface area contributed by atoms with Crippen molar-refractivity contribution in [3.63, 3.8) is 0 Å². The van der Waals surface area contributed by atoms with E-state index in [1.165, 1.54) is 37.0 Å². The van der Waals surface area contributed by atoms with Gasteiger partial charge >= 0.3 is 0 Å². The topological polar surface area (TPSA) is 79.0 Å². The van der Waals surface area contributed by atoms with Gasteiger partial charge in [0.15, 0.2) is 5.96 Å². The molecule has 0 aromatic rings. The molecule has 1 saturated heterocycles. The second-order valence-corrected chi connectivity index (χ2v) is 9.56. The van der Waals surface area contributed by atoms with E-state index in [1.54, 1.807) is 7.05 Å². The van der Waals surface area contributed by atoms with Crippen LogP contribution in [0.1, 0.15) is 90.4 Å². The van der Waals surface area contributed by atoms with Crippen molar-refractivity contribution in [2.75, 3.05) is 20.1 Å². The molecule has 29 heavy (non-hydrogen) atoms. The number of carbonyl (C=O) groups excluding carboxylic acids is 2. The Hall–Kier alpha value is -1.59. The van der Waals surface area contributed by atoms with Gasteiger partial charge in [0, 0.05) is 26.6 Å². The smallest absolute Gasteiger partial charge is 0.257 e. The molecule has 3 aliphatic rings. The van der Waals surface area contributed by atoms with Gasteiger partial charge in [-0.2, -0.15) is 0 Å². The zero-order valence-electron chi connectivity index (χ0n) is 18.5. The van der Waals surface area contributed by atoms with Gasteiger partial charge in [0.25, 0.3) is 5.91 Å². The highest BCUT2D eigenvalue weighted by molar-refractivity contribution is 6.06. The molecular formula is C23H40N4O2. The molecule has 2 N–H and O–H groups in total. The van der Waals surface area contributed by atoms with Crippen molar-refractivity contribution >= 4 is 17.8 Å². The lowest BCUT2D eigenvalue weighted by Gasteiger charge is -2.37. The molecule has 2 fully saturated rings. The first-order valence-corrected chi connectivity index (χ1v) is 11.9. The van der Waals surface area contributed by atoms with Crippen molar-refractivity contribution in [1.29, 1.82) is 0 Å². The summed E-state index contributed by atoms with van der Waals surface area (Å²) in [5, 5.41) is 0. The van der Waals surface area contributed by atoms with Crippen LogP contribution in [-0.4, -0.2) is 53.2 Å². The lowest BCUT2D eigenvalue weighted by atomic mass is 9.77. The maximum atomic E-state index is 13.2. The first-order valence-electron chi connectivity index (χ1n) is 11.9. The monoisotopic (exact) mass is 404 g/mol. The minimum atomic E-state index is -0.712. The fraction of sp³-hybridized carbons (Fsp3) is 0.870. The quantitative estimate of drug-likeness (QED) is 0.670. The standard InChI is InChI=1S/C23H40N4O2/c1-3-4-12-20(28)27-15-8-11-19(17-27)16-23(21(29)26(2)22(24)25-23)14-13-18-9-6-5-7-10-18/h18-19H,3-17H2,1-2H3,(H2,24,25)/t19-,23+/m0/s1. The van der Waals surface area contributed by atoms with Crippen LogP contribution in [0.15, 0.2) is 4.99 Å². The van der Waals surface area contributed by atoms with Gasteiger partial charge in [0.05, 0.1) is 0 Å². The first-order chi connectivity index (χ1) is 13.9. The number of likely N-dealkylation sites (N-methyl/N-ethyl adjacent to an activating group) is 1. The largest absolute Gasteiger partial charge is 0.369 e. The molecule has 2 atom stereocenters. The van der Waals surface area contributed by atoms with E-state index in [0.717, 1.165) is 58.0 Å². The Kier molecular flexibility index (Phi) is 7.58. The van der Waals surface area contributed by atoms with Gasteiger partial charge < -0.3 is 10.6 Å². The maximum absolute atomic E-state index is 13.2. The summed E-state index contributed by atoms with van der Waals surface area (Å²) < 4.78 is 0. The van der Waals surface area contributed by atoms with Gasteiger partial charge in [-0.1, -0.05) is 45.4 Å². The molecule has 1 aliphatic carbocycles. The van der Waals surface area contributed by atoms with Gasteiger partial charge in [0.1, 0.15) is 5.54 Å². The van der Waals surface area contributed by atoms with E-state index in [9.17, 15) is 9.59 Å². The number of nitrogens with zero attached hydrogens (tertiary/aromatic N) is 3. The summed E-state index contributed by atoms with van der Waals surface area (Å²) in [6, 6.07) is 0. The fourth-order valence-electron chi connectivity index (χ4n) is 5.50. The van der Waals surface area contributed by atoms with Crippen LogP contribution < -0.4 is 5.73 Å². The first kappa shape index (κ1) is 22.1. The molecule has 6 heteroatoms. The maximum Gasteiger partial charge on any atom is 0.257 e. The van der Waals surface area contributed by atoms with E-state index in [4.69, 9.17) is 10.7 Å². The van der Waals surface area contributed by atoms with E-state index >= 15 is 0 Å². The third-order valence-electron chi connectivity index (χ3n) is 7.31. The SMILES string of the molecule is CCCCC(=O)N1CCC[C@@H](C[C@@]2(CCC3CCCCC3)N=C(N)N(C)C2=O)C1. The highest BCUT2D eigenvalue weighted by atomic mass is 16.2. The number of amides is 2. The van der Waals surface area contributed by atoms with Crippen molar-refractivity contribution in [2.24, 2.45) is 22.6 Å². The summed E-state index contributed by atoms with van der Waals surface area (Å²) in [5.74, 6) is 1.72. The predicted octanol–water partition coefficient (Wildman–Crippen LogP) is 3.69. The second-order valence-electron chi connectivity index (χ2n) is 9.56. The molecule has 2 heterocycles. The van der Waals surface area contributed by atoms with Crippen LogP contribution in [0.4, 0.5) is 0 Å². The molecule has 164 valence electrons. The molecule has 0 unspecified atom stereocenters. The highest BCUT2D eigenvalue weighted by Gasteiger charge is 2.48. The number of guanidine groups is 1. The van der Waals surface area contributed by atoms with E-state index in [0.29, 0.717) is 24.2 Å². The molecule has 2 amide bonds. The van der Waals surface area contributed by atoms with Gasteiger partial charge in [0.2, 0.25) is 5.91 Å². The molecule has 0 spiro atoms. The molecular weight excluding hydrogens is 364 g/mol. The van der Waals surface area contributed by atoms with Crippen LogP contribution in [0, 0.1) is 11.8 Å². The fourth-order valence-corrected chi connectivity index (χ4v) is 5.50. The van der Waals surface area contributed by atoms with Crippen LogP contribution in [0.25, 0.3) is 0 Å². The molecule has 0 aromatic carbocycles. The van der Waals surface area contributed by atoms with E-state index in [1.807, 2.05) is 4.90 Å². The molecule has 0 radical (unpaired) electrons. The number of carbonyl (C=O) groups is 2. The van der Waals surface area contributed by atoms with Crippen molar-refractivity contribution in [2.45, 2.75) is 95.9 Å². The number of aliphatic imine (C=N–C) groups is 1. The van der Waals surface area contributed by atoms with Crippen LogP contribution in [-0.2, 0) is 9.59 Å². The number of unbranched alkanes of at least 4 members (excludes halogenated alkanes) is 1. The van der Waals surface area contributed by atoms with Crippen molar-refractivity contribution in [3.8, 4) is 0 Å². The third-order valence-corrected chi connectivity index (χ3v) is 7.31. The van der Waals surface area contributed by atoms with Crippen LogP contribution in [0.3, 0.4) is 0 Å². The van der Waals surface area contributed by atoms with Crippen LogP contribution >= 0.6 is 0 Å². The van der Waals surface area contributed by atoms with Gasteiger partial charge in [-0.25, -0.2) is 4.99 Å². The minimum absolute atomic E-state index is 0.0558. The Morgan fingerprint density at radius 1 is 1.17 bits per heavy atom. The summed E-state index contributed by atoms with van der Waals surface area (Å²) in [4.78, 5) is 34.0. The average Bonchev–Trinajstić information content (AvgIpc) is 2.95. The van der Waals surface area contributed by atoms with Crippen molar-refractivity contribution in [3.05, 3.63) is 0 Å². The number of hydrogen-bond donors (Lipinski definition) is 1. The molecule has 0 bridgehead atoms. The zero-order valence-corrected chi connectivity index (χ0v) is 18.5. The summed E-state index contributed by atoms with van der Waals surface area (Å²) >= 11 is 0. The number of likely N-dealkylation sites (tertiary alicyclic amines) is 1. The number of rotatable bonds is 8. The zero-order chi connectivity index (χ0) is 20.9. The third kappa shape index (κ3) is 5.32. The summed E-state index contributed by atoms with van der Waals surface area (Å²) in [6.07, 6.45) is 13.8. The van der Waals surface area contributed by atoms with E-state index in [2.05, 4.69) is 6.92 Å². The Labute approximate surface area is 176 Å². The number of hydrogen-bond acceptors (Lipinski definition) is 4. The van der Waals surface area contributed by atoms with Crippen molar-refractivity contribution in [1.82, 2.24) is 9.80 Å². The molecule has 6 nitrogen and oxygen atoms in total. The van der Waals surface area contributed by atoms with Gasteiger partial charge in [-0.05, 0) is 50.4 Å². The minimum Gasteiger partial charge on any atom is -0.369 e. The van der Waals surface area contributed by atoms with Gasteiger partial charge in [-0.3, -0.25) is 14.5 Å². The Balaban J connectivity index is 1.66. The predicted molar refractivity (Wildman–Crippen MR) is 116 cm³/mol. The van der Waals surface area contributed by atoms with E-state index in [-0.39, 0.29) is 11.8 Å². The Bertz CT molecular complexity index is 614. The summed E-state index contributed by atoms with van der Waals surface area (Å²) in [7, 11) is 1.74. The molecule has 0 aromatic heterocycles. The average molecular weight is 405 g/mol. The van der Waals surface area contributed by atoms with Crippen molar-refractivity contribution < 1.29 is 9.59 Å². The molecule has 3 rings (SSSR count). The Morgan fingerprint density at radius 2 is 1.90 bits per heavy atom. The number of piperidine rings is 1. The molecule has 2 aliphatic heterocycles. The second kappa shape index (κ2) is 9.94. The lowest BCUT2D eigenvalue weighted by Crippen LogP contribution is -2.46. The highest BCUT2D eigenvalue weighted by Crippen LogP contribution is 2.38. The molecule has 1 saturated carbocycles. The number of nitrogens with two attached hydrogens (primary N) is 1. The van der Waals surface area contributed by atoms with Crippen LogP contribution in [0.2, 0.25) is 0 Å². The summed E-state index contributed by atoms with van der Waals surface area (Å²) in [6.45, 7) is 3.74.